The van der Waals surface area contributed by atoms with Crippen LogP contribution in [0.15, 0.2) is 12.3 Å². The Morgan fingerprint density at radius 3 is 2.32 bits per heavy atom. The Hall–Kier alpha value is -1.40. The van der Waals surface area contributed by atoms with E-state index < -0.39 is 0 Å². The van der Waals surface area contributed by atoms with Crippen LogP contribution in [-0.4, -0.2) is 81.2 Å². The fourth-order valence-corrected chi connectivity index (χ4v) is 1.49. The standard InChI is InChI=1S/C13H26N6/c1-17(2)9-8-14-12-6-7-15-13(16-12)19(5)11-10-18(3)4/h6-7H,8-11H2,1-5H3,(H,14,15,16). The molecule has 0 saturated heterocycles. The van der Waals surface area contributed by atoms with Crippen molar-refractivity contribution in [1.82, 2.24) is 19.8 Å². The molecule has 0 amide bonds. The maximum atomic E-state index is 4.51. The van der Waals surface area contributed by atoms with Gasteiger partial charge in [0.25, 0.3) is 0 Å². The first-order chi connectivity index (χ1) is 8.99. The predicted octanol–water partition coefficient (Wildman–Crippen LogP) is 0.448. The first kappa shape index (κ1) is 15.7. The second-order valence-corrected chi connectivity index (χ2v) is 5.20. The zero-order chi connectivity index (χ0) is 14.3. The van der Waals surface area contributed by atoms with Gasteiger partial charge in [-0.3, -0.25) is 0 Å². The van der Waals surface area contributed by atoms with Gasteiger partial charge >= 0.3 is 0 Å². The van der Waals surface area contributed by atoms with Crippen molar-refractivity contribution in [3.63, 3.8) is 0 Å². The van der Waals surface area contributed by atoms with Crippen LogP contribution in [0, 0.1) is 0 Å². The van der Waals surface area contributed by atoms with Crippen molar-refractivity contribution in [3.05, 3.63) is 12.3 Å². The summed E-state index contributed by atoms with van der Waals surface area (Å²) in [5.41, 5.74) is 0. The van der Waals surface area contributed by atoms with Gasteiger partial charge in [0, 0.05) is 39.4 Å². The summed E-state index contributed by atoms with van der Waals surface area (Å²) in [7, 11) is 10.3. The van der Waals surface area contributed by atoms with Gasteiger partial charge in [0.15, 0.2) is 0 Å². The molecule has 0 aromatic carbocycles. The second kappa shape index (κ2) is 7.91. The molecule has 0 aliphatic heterocycles. The maximum absolute atomic E-state index is 4.51. The Morgan fingerprint density at radius 1 is 1.00 bits per heavy atom. The minimum atomic E-state index is 0.761. The van der Waals surface area contributed by atoms with E-state index in [4.69, 9.17) is 0 Å². The number of likely N-dealkylation sites (N-methyl/N-ethyl adjacent to an activating group) is 3. The molecule has 0 radical (unpaired) electrons. The number of nitrogens with one attached hydrogen (secondary N) is 1. The van der Waals surface area contributed by atoms with Crippen molar-refractivity contribution >= 4 is 11.8 Å². The van der Waals surface area contributed by atoms with Gasteiger partial charge in [0.05, 0.1) is 0 Å². The molecule has 0 atom stereocenters. The van der Waals surface area contributed by atoms with E-state index >= 15 is 0 Å². The molecule has 6 heteroatoms. The van der Waals surface area contributed by atoms with E-state index in [0.29, 0.717) is 0 Å². The summed E-state index contributed by atoms with van der Waals surface area (Å²) >= 11 is 0. The van der Waals surface area contributed by atoms with Crippen molar-refractivity contribution in [2.45, 2.75) is 0 Å². The van der Waals surface area contributed by atoms with Crippen LogP contribution < -0.4 is 10.2 Å². The van der Waals surface area contributed by atoms with E-state index in [1.54, 1.807) is 6.20 Å². The minimum Gasteiger partial charge on any atom is -0.369 e. The Labute approximate surface area is 116 Å². The molecular formula is C13H26N6. The van der Waals surface area contributed by atoms with E-state index in [1.807, 2.05) is 13.1 Å². The average Bonchev–Trinajstić information content (AvgIpc) is 2.36. The molecule has 0 spiro atoms. The van der Waals surface area contributed by atoms with Gasteiger partial charge in [-0.05, 0) is 34.3 Å². The molecular weight excluding hydrogens is 240 g/mol. The van der Waals surface area contributed by atoms with Crippen molar-refractivity contribution in [2.75, 3.05) is 71.6 Å². The summed E-state index contributed by atoms with van der Waals surface area (Å²) < 4.78 is 0. The molecule has 108 valence electrons. The first-order valence-corrected chi connectivity index (χ1v) is 6.56. The predicted molar refractivity (Wildman–Crippen MR) is 80.9 cm³/mol. The highest BCUT2D eigenvalue weighted by molar-refractivity contribution is 5.40. The number of anilines is 2. The Balaban J connectivity index is 2.51. The molecule has 1 N–H and O–H groups in total. The smallest absolute Gasteiger partial charge is 0.227 e. The molecule has 0 unspecified atom stereocenters. The number of rotatable bonds is 8. The van der Waals surface area contributed by atoms with Crippen LogP contribution in [0.5, 0.6) is 0 Å². The summed E-state index contributed by atoms with van der Waals surface area (Å²) in [6, 6.07) is 1.90. The molecule has 6 nitrogen and oxygen atoms in total. The highest BCUT2D eigenvalue weighted by Gasteiger charge is 2.05. The Bertz CT molecular complexity index is 366. The number of hydrogen-bond acceptors (Lipinski definition) is 6. The van der Waals surface area contributed by atoms with Crippen molar-refractivity contribution in [2.24, 2.45) is 0 Å². The molecule has 0 fully saturated rings. The summed E-state index contributed by atoms with van der Waals surface area (Å²) in [6.07, 6.45) is 1.80. The van der Waals surface area contributed by atoms with E-state index in [-0.39, 0.29) is 0 Å². The van der Waals surface area contributed by atoms with E-state index in [2.05, 4.69) is 58.2 Å². The summed E-state index contributed by atoms with van der Waals surface area (Å²) in [6.45, 7) is 3.76. The largest absolute Gasteiger partial charge is 0.369 e. The van der Waals surface area contributed by atoms with Crippen LogP contribution in [0.3, 0.4) is 0 Å². The van der Waals surface area contributed by atoms with Crippen LogP contribution in [0.2, 0.25) is 0 Å². The topological polar surface area (TPSA) is 47.5 Å². The molecule has 0 bridgehead atoms. The lowest BCUT2D eigenvalue weighted by Crippen LogP contribution is -2.29. The fraction of sp³-hybridized carbons (Fsp3) is 0.692. The zero-order valence-electron chi connectivity index (χ0n) is 12.7. The van der Waals surface area contributed by atoms with Crippen LogP contribution in [-0.2, 0) is 0 Å². The molecule has 1 aromatic rings. The maximum Gasteiger partial charge on any atom is 0.227 e. The minimum absolute atomic E-state index is 0.761. The van der Waals surface area contributed by atoms with E-state index in [0.717, 1.165) is 37.9 Å². The van der Waals surface area contributed by atoms with Crippen LogP contribution in [0.1, 0.15) is 0 Å². The van der Waals surface area contributed by atoms with Crippen LogP contribution >= 0.6 is 0 Å². The third-order valence-corrected chi connectivity index (χ3v) is 2.73. The first-order valence-electron chi connectivity index (χ1n) is 6.56. The monoisotopic (exact) mass is 266 g/mol. The van der Waals surface area contributed by atoms with Gasteiger partial charge in [-0.2, -0.15) is 4.98 Å². The quantitative estimate of drug-likeness (QED) is 0.737. The normalized spacial score (nSPS) is 11.1. The number of aromatic nitrogens is 2. The third-order valence-electron chi connectivity index (χ3n) is 2.73. The molecule has 0 aliphatic rings. The second-order valence-electron chi connectivity index (χ2n) is 5.20. The van der Waals surface area contributed by atoms with Gasteiger partial charge in [-0.15, -0.1) is 0 Å². The molecule has 19 heavy (non-hydrogen) atoms. The Morgan fingerprint density at radius 2 is 1.68 bits per heavy atom. The van der Waals surface area contributed by atoms with Crippen LogP contribution in [0.25, 0.3) is 0 Å². The Kier molecular flexibility index (Phi) is 6.52. The van der Waals surface area contributed by atoms with Gasteiger partial charge in [-0.1, -0.05) is 0 Å². The highest BCUT2D eigenvalue weighted by Crippen LogP contribution is 2.08. The molecule has 1 aromatic heterocycles. The van der Waals surface area contributed by atoms with Gasteiger partial charge < -0.3 is 20.0 Å². The van der Waals surface area contributed by atoms with E-state index in [1.165, 1.54) is 0 Å². The third kappa shape index (κ3) is 6.35. The van der Waals surface area contributed by atoms with Crippen molar-refractivity contribution < 1.29 is 0 Å². The van der Waals surface area contributed by atoms with E-state index in [9.17, 15) is 0 Å². The summed E-state index contributed by atoms with van der Waals surface area (Å²) in [4.78, 5) is 15.2. The fourth-order valence-electron chi connectivity index (χ4n) is 1.49. The lowest BCUT2D eigenvalue weighted by molar-refractivity contribution is 0.415. The number of nitrogens with zero attached hydrogens (tertiary/aromatic N) is 5. The van der Waals surface area contributed by atoms with Crippen molar-refractivity contribution in [1.29, 1.82) is 0 Å². The lowest BCUT2D eigenvalue weighted by Gasteiger charge is -2.20. The van der Waals surface area contributed by atoms with Gasteiger partial charge in [-0.25, -0.2) is 4.98 Å². The SMILES string of the molecule is CN(C)CCNc1ccnc(N(C)CCN(C)C)n1. The molecule has 1 rings (SSSR count). The molecule has 1 heterocycles. The van der Waals surface area contributed by atoms with Gasteiger partial charge in [0.1, 0.15) is 5.82 Å². The number of hydrogen-bond donors (Lipinski definition) is 1. The highest BCUT2D eigenvalue weighted by atomic mass is 15.3. The summed E-state index contributed by atoms with van der Waals surface area (Å²) in [5.74, 6) is 1.64. The van der Waals surface area contributed by atoms with Gasteiger partial charge in [0.2, 0.25) is 5.95 Å². The molecule has 0 saturated carbocycles. The van der Waals surface area contributed by atoms with Crippen LogP contribution in [0.4, 0.5) is 11.8 Å². The average molecular weight is 266 g/mol. The lowest BCUT2D eigenvalue weighted by atomic mass is 10.5. The van der Waals surface area contributed by atoms with Crippen molar-refractivity contribution in [3.8, 4) is 0 Å². The molecule has 0 aliphatic carbocycles. The summed E-state index contributed by atoms with van der Waals surface area (Å²) in [5, 5.41) is 3.31. The zero-order valence-corrected chi connectivity index (χ0v) is 12.7.